The van der Waals surface area contributed by atoms with Crippen LogP contribution in [-0.4, -0.2) is 10.2 Å². The molecule has 0 amide bonds. The average Bonchev–Trinajstić information content (AvgIpc) is 2.73. The van der Waals surface area contributed by atoms with Gasteiger partial charge in [-0.05, 0) is 50.7 Å². The molecule has 3 heteroatoms. The highest BCUT2D eigenvalue weighted by molar-refractivity contribution is 7.66. The van der Waals surface area contributed by atoms with Gasteiger partial charge in [0.2, 0.25) is 0 Å². The van der Waals surface area contributed by atoms with E-state index < -0.39 is 0 Å². The van der Waals surface area contributed by atoms with Crippen molar-refractivity contribution in [2.24, 2.45) is 0 Å². The second-order valence-corrected chi connectivity index (χ2v) is 8.49. The zero-order valence-electron chi connectivity index (χ0n) is 13.7. The number of nitrogens with zero attached hydrogens (tertiary/aromatic N) is 1. The van der Waals surface area contributed by atoms with Gasteiger partial charge in [0.05, 0.1) is 0 Å². The Hall–Kier alpha value is -0.100. The van der Waals surface area contributed by atoms with Crippen molar-refractivity contribution in [2.75, 3.05) is 0 Å². The zero-order chi connectivity index (χ0) is 15.3. The van der Waals surface area contributed by atoms with Gasteiger partial charge in [-0.25, -0.2) is 0 Å². The van der Waals surface area contributed by atoms with Crippen LogP contribution in [0.2, 0.25) is 0 Å². The van der Waals surface area contributed by atoms with Crippen LogP contribution in [0.1, 0.15) is 76.3 Å². The molecule has 0 heterocycles. The molecule has 0 aliphatic heterocycles. The zero-order valence-corrected chi connectivity index (χ0v) is 15.4. The third-order valence-corrected chi connectivity index (χ3v) is 6.20. The molecular formula is C18H29ClNP. The van der Waals surface area contributed by atoms with Crippen LogP contribution in [0, 0.1) is 0 Å². The summed E-state index contributed by atoms with van der Waals surface area (Å²) in [6.45, 7) is 7.61. The summed E-state index contributed by atoms with van der Waals surface area (Å²) in [5.74, 6) is 0.787. The third kappa shape index (κ3) is 5.23. The number of benzene rings is 1. The van der Waals surface area contributed by atoms with E-state index in [1.165, 1.54) is 49.7 Å². The van der Waals surface area contributed by atoms with Crippen molar-refractivity contribution in [1.29, 1.82) is 0 Å². The second kappa shape index (κ2) is 7.95. The fraction of sp³-hybridized carbons (Fsp3) is 0.667. The Morgan fingerprint density at radius 2 is 1.62 bits per heavy atom. The summed E-state index contributed by atoms with van der Waals surface area (Å²) in [6.07, 6.45) is 8.39. The summed E-state index contributed by atoms with van der Waals surface area (Å²) in [5, 5.41) is 0. The molecule has 2 rings (SSSR count). The summed E-state index contributed by atoms with van der Waals surface area (Å²) in [5.41, 5.74) is 3.03. The first-order valence-electron chi connectivity index (χ1n) is 8.23. The van der Waals surface area contributed by atoms with Crippen molar-refractivity contribution < 1.29 is 0 Å². The van der Waals surface area contributed by atoms with Gasteiger partial charge < -0.3 is 0 Å². The van der Waals surface area contributed by atoms with E-state index in [1.807, 2.05) is 0 Å². The van der Waals surface area contributed by atoms with Gasteiger partial charge in [0.25, 0.3) is 0 Å². The van der Waals surface area contributed by atoms with Crippen LogP contribution < -0.4 is 0 Å². The van der Waals surface area contributed by atoms with E-state index in [0.29, 0.717) is 8.08 Å². The number of rotatable bonds is 4. The summed E-state index contributed by atoms with van der Waals surface area (Å²) >= 11 is 6.13. The molecule has 1 fully saturated rings. The molecule has 0 N–H and O–H groups in total. The van der Waals surface area contributed by atoms with Crippen molar-refractivity contribution in [3.63, 3.8) is 0 Å². The minimum absolute atomic E-state index is 0.125. The van der Waals surface area contributed by atoms with E-state index in [4.69, 9.17) is 11.2 Å². The molecule has 21 heavy (non-hydrogen) atoms. The van der Waals surface area contributed by atoms with Gasteiger partial charge in [0.1, 0.15) is 0 Å². The van der Waals surface area contributed by atoms with Crippen molar-refractivity contribution in [2.45, 2.75) is 77.3 Å². The molecule has 0 radical (unpaired) electrons. The van der Waals surface area contributed by atoms with Crippen LogP contribution in [0.25, 0.3) is 0 Å². The van der Waals surface area contributed by atoms with Crippen LogP contribution in [0.5, 0.6) is 0 Å². The van der Waals surface area contributed by atoms with E-state index in [9.17, 15) is 0 Å². The monoisotopic (exact) mass is 325 g/mol. The Morgan fingerprint density at radius 1 is 1.05 bits per heavy atom. The summed E-state index contributed by atoms with van der Waals surface area (Å²) < 4.78 is 2.33. The highest BCUT2D eigenvalue weighted by Gasteiger charge is 2.21. The first kappa shape index (κ1) is 17.3. The van der Waals surface area contributed by atoms with Gasteiger partial charge in [0, 0.05) is 20.2 Å². The molecule has 1 nitrogen and oxygen atoms in total. The second-order valence-electron chi connectivity index (χ2n) is 7.27. The van der Waals surface area contributed by atoms with Crippen LogP contribution in [-0.2, 0) is 6.54 Å². The summed E-state index contributed by atoms with van der Waals surface area (Å²) in [7, 11) is 0.332. The molecule has 0 bridgehead atoms. The van der Waals surface area contributed by atoms with Gasteiger partial charge in [-0.2, -0.15) is 0 Å². The van der Waals surface area contributed by atoms with E-state index in [-0.39, 0.29) is 5.54 Å². The molecule has 1 aliphatic rings. The van der Waals surface area contributed by atoms with Gasteiger partial charge in [-0.1, -0.05) is 61.2 Å². The van der Waals surface area contributed by atoms with E-state index >= 15 is 0 Å². The fourth-order valence-electron chi connectivity index (χ4n) is 3.08. The molecule has 0 aromatic heterocycles. The first-order chi connectivity index (χ1) is 10.0. The summed E-state index contributed by atoms with van der Waals surface area (Å²) in [4.78, 5) is 0. The van der Waals surface area contributed by atoms with Crippen molar-refractivity contribution >= 4 is 19.3 Å². The number of halogens is 1. The fourth-order valence-corrected chi connectivity index (χ4v) is 4.52. The molecule has 1 saturated carbocycles. The molecule has 0 spiro atoms. The minimum atomic E-state index is 0.125. The predicted molar refractivity (Wildman–Crippen MR) is 96.3 cm³/mol. The lowest BCUT2D eigenvalue weighted by molar-refractivity contribution is 0.264. The smallest absolute Gasteiger partial charge is 0.0486 e. The molecule has 1 aromatic rings. The molecule has 0 saturated heterocycles. The van der Waals surface area contributed by atoms with Crippen LogP contribution in [0.4, 0.5) is 0 Å². The molecule has 118 valence electrons. The van der Waals surface area contributed by atoms with Crippen LogP contribution in [0.3, 0.4) is 0 Å². The Bertz CT molecular complexity index is 416. The highest BCUT2D eigenvalue weighted by Crippen LogP contribution is 2.35. The predicted octanol–water partition coefficient (Wildman–Crippen LogP) is 6.47. The largest absolute Gasteiger partial charge is 0.262 e. The Morgan fingerprint density at radius 3 is 2.10 bits per heavy atom. The van der Waals surface area contributed by atoms with E-state index in [2.05, 4.69) is 49.7 Å². The number of hydrogen-bond donors (Lipinski definition) is 0. The first-order valence-corrected chi connectivity index (χ1v) is 10.2. The van der Waals surface area contributed by atoms with Crippen molar-refractivity contribution in [3.05, 3.63) is 35.4 Å². The lowest BCUT2D eigenvalue weighted by Gasteiger charge is -2.33. The lowest BCUT2D eigenvalue weighted by atomic mass is 9.91. The maximum absolute atomic E-state index is 6.13. The quantitative estimate of drug-likeness (QED) is 0.453. The molecule has 1 aliphatic carbocycles. The van der Waals surface area contributed by atoms with Gasteiger partial charge >= 0.3 is 0 Å². The summed E-state index contributed by atoms with van der Waals surface area (Å²) in [6, 6.07) is 9.30. The Kier molecular flexibility index (Phi) is 6.53. The normalized spacial score (nSPS) is 18.5. The maximum atomic E-state index is 6.13. The molecule has 1 unspecified atom stereocenters. The van der Waals surface area contributed by atoms with Crippen molar-refractivity contribution in [1.82, 2.24) is 4.67 Å². The minimum Gasteiger partial charge on any atom is -0.262 e. The number of hydrogen-bond acceptors (Lipinski definition) is 1. The van der Waals surface area contributed by atoms with E-state index in [1.54, 1.807) is 0 Å². The standard InChI is InChI=1S/C18H29ClNP/c1-18(2,3)20(21-19)14-15-10-12-17(13-11-15)16-8-6-4-5-7-9-16/h10-13,16,21H,4-9,14H2,1-3H3. The maximum Gasteiger partial charge on any atom is 0.0486 e. The Balaban J connectivity index is 2.01. The van der Waals surface area contributed by atoms with Crippen molar-refractivity contribution in [3.8, 4) is 0 Å². The highest BCUT2D eigenvalue weighted by atomic mass is 35.7. The molecular weight excluding hydrogens is 297 g/mol. The Labute approximate surface area is 137 Å². The van der Waals surface area contributed by atoms with Crippen LogP contribution >= 0.6 is 19.3 Å². The van der Waals surface area contributed by atoms with Gasteiger partial charge in [0.15, 0.2) is 0 Å². The topological polar surface area (TPSA) is 3.24 Å². The average molecular weight is 326 g/mol. The molecule has 1 atom stereocenters. The third-order valence-electron chi connectivity index (χ3n) is 4.56. The van der Waals surface area contributed by atoms with Gasteiger partial charge in [-0.15, -0.1) is 0 Å². The lowest BCUT2D eigenvalue weighted by Crippen LogP contribution is -2.33. The van der Waals surface area contributed by atoms with E-state index in [0.717, 1.165) is 12.5 Å². The SMILES string of the molecule is CC(C)(C)N(Cc1ccc(C2CCCCCC2)cc1)PCl. The van der Waals surface area contributed by atoms with Gasteiger partial charge in [-0.3, -0.25) is 4.67 Å². The molecule has 1 aromatic carbocycles. The van der Waals surface area contributed by atoms with Crippen LogP contribution in [0.15, 0.2) is 24.3 Å².